The van der Waals surface area contributed by atoms with E-state index in [0.717, 1.165) is 0 Å². The van der Waals surface area contributed by atoms with Crippen LogP contribution in [0.4, 0.5) is 4.39 Å². The number of hydrogen-bond acceptors (Lipinski definition) is 4. The standard InChI is InChI=1S/C19H15FO4/c1-19(2)23-17(21)16(18(22)24-19)11-13-6-3-4-9-15(13)12-7-5-8-14(20)10-12/h3-11H,1-2H3. The van der Waals surface area contributed by atoms with Crippen molar-refractivity contribution in [3.8, 4) is 11.1 Å². The molecule has 1 aliphatic heterocycles. The van der Waals surface area contributed by atoms with Crippen LogP contribution in [0.25, 0.3) is 17.2 Å². The van der Waals surface area contributed by atoms with E-state index in [1.807, 2.05) is 0 Å². The molecular weight excluding hydrogens is 311 g/mol. The van der Waals surface area contributed by atoms with Gasteiger partial charge >= 0.3 is 11.9 Å². The fourth-order valence-corrected chi connectivity index (χ4v) is 2.48. The number of cyclic esters (lactones) is 2. The van der Waals surface area contributed by atoms with E-state index in [9.17, 15) is 14.0 Å². The Labute approximate surface area is 138 Å². The molecule has 0 aliphatic carbocycles. The monoisotopic (exact) mass is 326 g/mol. The second-order valence-corrected chi connectivity index (χ2v) is 5.83. The maximum atomic E-state index is 13.5. The zero-order valence-electron chi connectivity index (χ0n) is 13.2. The van der Waals surface area contributed by atoms with Gasteiger partial charge < -0.3 is 9.47 Å². The fraction of sp³-hybridized carbons (Fsp3) is 0.158. The predicted octanol–water partition coefficient (Wildman–Crippen LogP) is 3.71. The van der Waals surface area contributed by atoms with Gasteiger partial charge in [-0.2, -0.15) is 0 Å². The molecule has 0 amide bonds. The first-order valence-corrected chi connectivity index (χ1v) is 7.39. The minimum absolute atomic E-state index is 0.196. The van der Waals surface area contributed by atoms with E-state index >= 15 is 0 Å². The number of carbonyl (C=O) groups excluding carboxylic acids is 2. The fourth-order valence-electron chi connectivity index (χ4n) is 2.48. The highest BCUT2D eigenvalue weighted by molar-refractivity contribution is 6.19. The Morgan fingerprint density at radius 1 is 0.958 bits per heavy atom. The van der Waals surface area contributed by atoms with Crippen molar-refractivity contribution in [3.05, 3.63) is 65.5 Å². The third-order valence-corrected chi connectivity index (χ3v) is 3.51. The van der Waals surface area contributed by atoms with Crippen molar-refractivity contribution in [2.24, 2.45) is 0 Å². The van der Waals surface area contributed by atoms with Crippen molar-refractivity contribution < 1.29 is 23.5 Å². The van der Waals surface area contributed by atoms with E-state index in [0.29, 0.717) is 16.7 Å². The molecular formula is C19H15FO4. The van der Waals surface area contributed by atoms with Crippen LogP contribution < -0.4 is 0 Å². The molecule has 2 aromatic carbocycles. The van der Waals surface area contributed by atoms with Crippen LogP contribution in [-0.4, -0.2) is 17.7 Å². The van der Waals surface area contributed by atoms with Crippen LogP contribution in [0.15, 0.2) is 54.1 Å². The molecule has 0 spiro atoms. The van der Waals surface area contributed by atoms with Crippen molar-refractivity contribution in [1.82, 2.24) is 0 Å². The van der Waals surface area contributed by atoms with Gasteiger partial charge in [-0.05, 0) is 34.9 Å². The molecule has 1 saturated heterocycles. The summed E-state index contributed by atoms with van der Waals surface area (Å²) in [6.45, 7) is 2.97. The second-order valence-electron chi connectivity index (χ2n) is 5.83. The Kier molecular flexibility index (Phi) is 3.93. The first-order chi connectivity index (χ1) is 11.4. The predicted molar refractivity (Wildman–Crippen MR) is 86.1 cm³/mol. The van der Waals surface area contributed by atoms with Crippen LogP contribution >= 0.6 is 0 Å². The lowest BCUT2D eigenvalue weighted by atomic mass is 9.97. The van der Waals surface area contributed by atoms with Crippen LogP contribution in [0, 0.1) is 5.82 Å². The maximum Gasteiger partial charge on any atom is 0.348 e. The Morgan fingerprint density at radius 2 is 1.62 bits per heavy atom. The van der Waals surface area contributed by atoms with Gasteiger partial charge in [0.2, 0.25) is 0 Å². The molecule has 0 aromatic heterocycles. The highest BCUT2D eigenvalue weighted by Crippen LogP contribution is 2.29. The van der Waals surface area contributed by atoms with E-state index < -0.39 is 17.7 Å². The molecule has 1 heterocycles. The average Bonchev–Trinajstić information content (AvgIpc) is 2.50. The number of esters is 2. The van der Waals surface area contributed by atoms with E-state index in [4.69, 9.17) is 9.47 Å². The summed E-state index contributed by atoms with van der Waals surface area (Å²) in [5.74, 6) is -3.14. The third-order valence-electron chi connectivity index (χ3n) is 3.51. The first kappa shape index (κ1) is 15.9. The normalized spacial score (nSPS) is 16.4. The van der Waals surface area contributed by atoms with Gasteiger partial charge in [-0.3, -0.25) is 0 Å². The van der Waals surface area contributed by atoms with Crippen LogP contribution in [0.2, 0.25) is 0 Å². The first-order valence-electron chi connectivity index (χ1n) is 7.39. The van der Waals surface area contributed by atoms with E-state index in [-0.39, 0.29) is 11.4 Å². The Balaban J connectivity index is 2.05. The third kappa shape index (κ3) is 3.20. The molecule has 0 bridgehead atoms. The van der Waals surface area contributed by atoms with Crippen molar-refractivity contribution in [1.29, 1.82) is 0 Å². The summed E-state index contributed by atoms with van der Waals surface area (Å²) in [5, 5.41) is 0. The molecule has 0 N–H and O–H groups in total. The van der Waals surface area contributed by atoms with Gasteiger partial charge in [-0.25, -0.2) is 14.0 Å². The van der Waals surface area contributed by atoms with Gasteiger partial charge in [-0.1, -0.05) is 36.4 Å². The summed E-state index contributed by atoms with van der Waals surface area (Å²) >= 11 is 0. The van der Waals surface area contributed by atoms with Crippen LogP contribution in [0.1, 0.15) is 19.4 Å². The molecule has 0 saturated carbocycles. The molecule has 5 heteroatoms. The van der Waals surface area contributed by atoms with E-state index in [2.05, 4.69) is 0 Å². The highest BCUT2D eigenvalue weighted by atomic mass is 19.1. The molecule has 0 atom stereocenters. The van der Waals surface area contributed by atoms with E-state index in [1.54, 1.807) is 36.4 Å². The Hall–Kier alpha value is -2.95. The molecule has 3 rings (SSSR count). The summed E-state index contributed by atoms with van der Waals surface area (Å²) in [5.41, 5.74) is 1.72. The lowest BCUT2D eigenvalue weighted by Gasteiger charge is -2.29. The second kappa shape index (κ2) is 5.92. The summed E-state index contributed by atoms with van der Waals surface area (Å²) < 4.78 is 23.7. The van der Waals surface area contributed by atoms with E-state index in [1.165, 1.54) is 32.1 Å². The lowest BCUT2D eigenvalue weighted by molar-refractivity contribution is -0.222. The summed E-state index contributed by atoms with van der Waals surface area (Å²) in [6, 6.07) is 13.2. The van der Waals surface area contributed by atoms with Gasteiger partial charge in [-0.15, -0.1) is 0 Å². The smallest absolute Gasteiger partial charge is 0.348 e. The highest BCUT2D eigenvalue weighted by Gasteiger charge is 2.38. The molecule has 122 valence electrons. The average molecular weight is 326 g/mol. The van der Waals surface area contributed by atoms with Crippen molar-refractivity contribution in [2.75, 3.05) is 0 Å². The van der Waals surface area contributed by atoms with Gasteiger partial charge in [0.25, 0.3) is 5.79 Å². The van der Waals surface area contributed by atoms with Crippen LogP contribution in [0.5, 0.6) is 0 Å². The Morgan fingerprint density at radius 3 is 2.29 bits per heavy atom. The lowest BCUT2D eigenvalue weighted by Crippen LogP contribution is -2.41. The molecule has 1 fully saturated rings. The summed E-state index contributed by atoms with van der Waals surface area (Å²) in [4.78, 5) is 24.2. The molecule has 2 aromatic rings. The quantitative estimate of drug-likeness (QED) is 0.479. The SMILES string of the molecule is CC1(C)OC(=O)C(=Cc2ccccc2-c2cccc(F)c2)C(=O)O1. The number of benzene rings is 2. The molecule has 0 unspecified atom stereocenters. The molecule has 4 nitrogen and oxygen atoms in total. The van der Waals surface area contributed by atoms with Gasteiger partial charge in [0.05, 0.1) is 0 Å². The number of carbonyl (C=O) groups is 2. The number of ether oxygens (including phenoxy) is 2. The zero-order chi connectivity index (χ0) is 17.3. The summed E-state index contributed by atoms with van der Waals surface area (Å²) in [6.07, 6.45) is 1.40. The summed E-state index contributed by atoms with van der Waals surface area (Å²) in [7, 11) is 0. The number of rotatable bonds is 2. The molecule has 24 heavy (non-hydrogen) atoms. The van der Waals surface area contributed by atoms with Gasteiger partial charge in [0.15, 0.2) is 0 Å². The topological polar surface area (TPSA) is 52.6 Å². The molecule has 1 aliphatic rings. The van der Waals surface area contributed by atoms with Gasteiger partial charge in [0.1, 0.15) is 11.4 Å². The zero-order valence-corrected chi connectivity index (χ0v) is 13.2. The number of halogens is 1. The maximum absolute atomic E-state index is 13.5. The Bertz CT molecular complexity index is 830. The van der Waals surface area contributed by atoms with Crippen LogP contribution in [-0.2, 0) is 19.1 Å². The minimum atomic E-state index is -1.28. The molecule has 0 radical (unpaired) electrons. The van der Waals surface area contributed by atoms with Crippen LogP contribution in [0.3, 0.4) is 0 Å². The minimum Gasteiger partial charge on any atom is -0.419 e. The largest absolute Gasteiger partial charge is 0.419 e. The number of hydrogen-bond donors (Lipinski definition) is 0. The van der Waals surface area contributed by atoms with Gasteiger partial charge in [0, 0.05) is 13.8 Å². The van der Waals surface area contributed by atoms with Crippen molar-refractivity contribution >= 4 is 18.0 Å². The van der Waals surface area contributed by atoms with Crippen molar-refractivity contribution in [3.63, 3.8) is 0 Å². The van der Waals surface area contributed by atoms with Crippen molar-refractivity contribution in [2.45, 2.75) is 19.6 Å².